The van der Waals surface area contributed by atoms with Gasteiger partial charge in [0.1, 0.15) is 0 Å². The summed E-state index contributed by atoms with van der Waals surface area (Å²) in [5.41, 5.74) is 2.19. The van der Waals surface area contributed by atoms with Gasteiger partial charge >= 0.3 is 0 Å². The van der Waals surface area contributed by atoms with E-state index >= 15 is 0 Å². The molecule has 0 saturated carbocycles. The highest BCUT2D eigenvalue weighted by Gasteiger charge is 2.49. The van der Waals surface area contributed by atoms with E-state index in [0.29, 0.717) is 23.7 Å². The average Bonchev–Trinajstić information content (AvgIpc) is 2.56. The van der Waals surface area contributed by atoms with E-state index in [9.17, 15) is 10.2 Å². The molecular formula is C21H24N2O3S. The molecule has 142 valence electrons. The van der Waals surface area contributed by atoms with Gasteiger partial charge in [0.2, 0.25) is 5.75 Å². The van der Waals surface area contributed by atoms with Crippen molar-refractivity contribution in [3.05, 3.63) is 53.1 Å². The Bertz CT molecular complexity index is 928. The lowest BCUT2D eigenvalue weighted by molar-refractivity contribution is -0.0150. The maximum Gasteiger partial charge on any atom is 0.200 e. The predicted octanol–water partition coefficient (Wildman–Crippen LogP) is 3.66. The number of hydrogen-bond acceptors (Lipinski definition) is 4. The summed E-state index contributed by atoms with van der Waals surface area (Å²) in [5, 5.41) is 27.7. The number of aryl methyl sites for hydroxylation is 1. The largest absolute Gasteiger partial charge is 0.504 e. The average molecular weight is 385 g/mol. The highest BCUT2D eigenvalue weighted by molar-refractivity contribution is 7.80. The van der Waals surface area contributed by atoms with E-state index < -0.39 is 5.72 Å². The summed E-state index contributed by atoms with van der Waals surface area (Å²) in [6.45, 7) is 6.24. The van der Waals surface area contributed by atoms with E-state index in [1.165, 1.54) is 17.2 Å². The fourth-order valence-electron chi connectivity index (χ4n) is 4.42. The van der Waals surface area contributed by atoms with Gasteiger partial charge in [-0.3, -0.25) is 0 Å². The summed E-state index contributed by atoms with van der Waals surface area (Å²) in [5.74, 6) is -0.0903. The van der Waals surface area contributed by atoms with Crippen molar-refractivity contribution in [1.29, 1.82) is 0 Å². The number of ether oxygens (including phenoxy) is 1. The Hall–Kier alpha value is -2.47. The molecule has 0 aromatic heterocycles. The molecule has 6 heteroatoms. The van der Waals surface area contributed by atoms with E-state index in [1.54, 1.807) is 0 Å². The van der Waals surface area contributed by atoms with Crippen LogP contribution in [0.2, 0.25) is 0 Å². The Balaban J connectivity index is 1.89. The van der Waals surface area contributed by atoms with Crippen LogP contribution in [0.3, 0.4) is 0 Å². The minimum atomic E-state index is -0.767. The van der Waals surface area contributed by atoms with E-state index in [2.05, 4.69) is 43.5 Å². The van der Waals surface area contributed by atoms with Gasteiger partial charge in [-0.05, 0) is 50.2 Å². The summed E-state index contributed by atoms with van der Waals surface area (Å²) in [6.07, 6.45) is 1.32. The first-order chi connectivity index (χ1) is 12.7. The molecule has 1 saturated heterocycles. The fourth-order valence-corrected chi connectivity index (χ4v) is 4.88. The number of nitrogens with one attached hydrogen (secondary N) is 2. The lowest BCUT2D eigenvalue weighted by atomic mass is 9.76. The maximum atomic E-state index is 10.5. The van der Waals surface area contributed by atoms with Crippen molar-refractivity contribution in [3.8, 4) is 17.2 Å². The van der Waals surface area contributed by atoms with Gasteiger partial charge in [0, 0.05) is 29.9 Å². The second-order valence-electron chi connectivity index (χ2n) is 8.20. The zero-order chi connectivity index (χ0) is 19.4. The number of hydrogen-bond donors (Lipinski definition) is 4. The molecule has 2 aromatic rings. The second-order valence-corrected chi connectivity index (χ2v) is 8.61. The number of fused-ring (bicyclic) bond motifs is 1. The van der Waals surface area contributed by atoms with E-state index in [-0.39, 0.29) is 23.0 Å². The molecule has 2 aliphatic heterocycles. The first kappa shape index (κ1) is 17.9. The van der Waals surface area contributed by atoms with Gasteiger partial charge in [-0.2, -0.15) is 0 Å². The molecule has 0 amide bonds. The van der Waals surface area contributed by atoms with Gasteiger partial charge in [0.25, 0.3) is 0 Å². The minimum absolute atomic E-state index is 0.00523. The summed E-state index contributed by atoms with van der Waals surface area (Å²) < 4.78 is 6.32. The molecule has 0 radical (unpaired) electrons. The number of benzene rings is 2. The lowest BCUT2D eigenvalue weighted by Gasteiger charge is -2.50. The van der Waals surface area contributed by atoms with Gasteiger partial charge < -0.3 is 25.6 Å². The van der Waals surface area contributed by atoms with Crippen LogP contribution >= 0.6 is 12.2 Å². The van der Waals surface area contributed by atoms with Gasteiger partial charge in [0.05, 0.1) is 0 Å². The minimum Gasteiger partial charge on any atom is -0.504 e. The van der Waals surface area contributed by atoms with Crippen molar-refractivity contribution in [1.82, 2.24) is 10.6 Å². The first-order valence-corrected chi connectivity index (χ1v) is 9.50. The van der Waals surface area contributed by atoms with Crippen LogP contribution in [-0.2, 0) is 0 Å². The van der Waals surface area contributed by atoms with E-state index in [1.807, 2.05) is 18.2 Å². The molecule has 2 heterocycles. The number of phenolic OH excluding ortho intramolecular Hbond substituents is 2. The van der Waals surface area contributed by atoms with Crippen molar-refractivity contribution in [2.45, 2.75) is 50.8 Å². The Morgan fingerprint density at radius 1 is 1.07 bits per heavy atom. The summed E-state index contributed by atoms with van der Waals surface area (Å²) in [4.78, 5) is 0. The smallest absolute Gasteiger partial charge is 0.200 e. The Morgan fingerprint density at radius 3 is 2.52 bits per heavy atom. The SMILES string of the molecule is Cc1ccccc1C1CC2(CC(C)(C)NC(=S)N2)Oc2c1ccc(O)c2O. The molecular weight excluding hydrogens is 360 g/mol. The standard InChI is InChI=1S/C21H24N2O3S/c1-12-6-4-5-7-13(12)15-10-21(11-20(2,3)22-19(27)23-21)26-18-14(15)8-9-16(24)17(18)25/h4-9,15,24-25H,10-11H2,1-3H3,(H2,22,23,27). The van der Waals surface area contributed by atoms with Gasteiger partial charge in [0.15, 0.2) is 22.3 Å². The van der Waals surface area contributed by atoms with Crippen LogP contribution in [0.5, 0.6) is 17.2 Å². The van der Waals surface area contributed by atoms with Crippen LogP contribution < -0.4 is 15.4 Å². The molecule has 27 heavy (non-hydrogen) atoms. The molecule has 2 aromatic carbocycles. The number of thiocarbonyl (C=S) groups is 1. The normalized spacial score (nSPS) is 25.9. The zero-order valence-corrected chi connectivity index (χ0v) is 16.5. The van der Waals surface area contributed by atoms with Gasteiger partial charge in [-0.1, -0.05) is 30.3 Å². The van der Waals surface area contributed by atoms with Crippen LogP contribution in [-0.4, -0.2) is 26.6 Å². The van der Waals surface area contributed by atoms with Crippen LogP contribution in [0, 0.1) is 6.92 Å². The molecule has 5 nitrogen and oxygen atoms in total. The van der Waals surface area contributed by atoms with Crippen LogP contribution in [0.25, 0.3) is 0 Å². The van der Waals surface area contributed by atoms with Crippen LogP contribution in [0.4, 0.5) is 0 Å². The first-order valence-electron chi connectivity index (χ1n) is 9.09. The molecule has 1 spiro atoms. The molecule has 0 aliphatic carbocycles. The van der Waals surface area contributed by atoms with Gasteiger partial charge in [-0.25, -0.2) is 0 Å². The van der Waals surface area contributed by atoms with Crippen molar-refractivity contribution in [2.24, 2.45) is 0 Å². The molecule has 2 atom stereocenters. The molecule has 0 bridgehead atoms. The Kier molecular flexibility index (Phi) is 4.00. The third kappa shape index (κ3) is 3.08. The van der Waals surface area contributed by atoms with Gasteiger partial charge in [-0.15, -0.1) is 0 Å². The molecule has 2 unspecified atom stereocenters. The van der Waals surface area contributed by atoms with Crippen molar-refractivity contribution < 1.29 is 14.9 Å². The topological polar surface area (TPSA) is 73.8 Å². The number of phenols is 2. The predicted molar refractivity (Wildman–Crippen MR) is 108 cm³/mol. The third-order valence-electron chi connectivity index (χ3n) is 5.43. The lowest BCUT2D eigenvalue weighted by Crippen LogP contribution is -2.69. The molecule has 1 fully saturated rings. The molecule has 4 N–H and O–H groups in total. The van der Waals surface area contributed by atoms with E-state index in [4.69, 9.17) is 17.0 Å². The molecule has 2 aliphatic rings. The summed E-state index contributed by atoms with van der Waals surface area (Å²) in [6, 6.07) is 11.6. The van der Waals surface area contributed by atoms with Crippen molar-refractivity contribution in [2.75, 3.05) is 0 Å². The molecule has 4 rings (SSSR count). The monoisotopic (exact) mass is 384 g/mol. The Labute approximate surface area is 164 Å². The van der Waals surface area contributed by atoms with Crippen LogP contribution in [0.1, 0.15) is 49.3 Å². The van der Waals surface area contributed by atoms with Crippen molar-refractivity contribution in [3.63, 3.8) is 0 Å². The summed E-state index contributed by atoms with van der Waals surface area (Å²) >= 11 is 5.43. The summed E-state index contributed by atoms with van der Waals surface area (Å²) in [7, 11) is 0. The third-order valence-corrected chi connectivity index (χ3v) is 5.64. The second kappa shape index (κ2) is 6.02. The van der Waals surface area contributed by atoms with E-state index in [0.717, 1.165) is 5.56 Å². The Morgan fingerprint density at radius 2 is 1.81 bits per heavy atom. The van der Waals surface area contributed by atoms with Crippen molar-refractivity contribution >= 4 is 17.3 Å². The maximum absolute atomic E-state index is 10.5. The number of rotatable bonds is 1. The zero-order valence-electron chi connectivity index (χ0n) is 15.7. The highest BCUT2D eigenvalue weighted by atomic mass is 32.1. The number of aromatic hydroxyl groups is 2. The van der Waals surface area contributed by atoms with Crippen LogP contribution in [0.15, 0.2) is 36.4 Å². The quantitative estimate of drug-likeness (QED) is 0.444. The highest BCUT2D eigenvalue weighted by Crippen LogP contribution is 2.52. The fraction of sp³-hybridized carbons (Fsp3) is 0.381.